The van der Waals surface area contributed by atoms with Crippen molar-refractivity contribution >= 4 is 15.6 Å². The van der Waals surface area contributed by atoms with E-state index in [1.807, 2.05) is 0 Å². The lowest BCUT2D eigenvalue weighted by Crippen LogP contribution is -2.50. The fourth-order valence-electron chi connectivity index (χ4n) is 1.69. The molecule has 18 heavy (non-hydrogen) atoms. The van der Waals surface area contributed by atoms with Gasteiger partial charge in [-0.05, 0) is 12.8 Å². The zero-order valence-electron chi connectivity index (χ0n) is 8.93. The van der Waals surface area contributed by atoms with E-state index in [1.54, 1.807) is 0 Å². The zero-order chi connectivity index (χ0) is 14.1. The highest BCUT2D eigenvalue weighted by Crippen LogP contribution is 2.44. The molecule has 12 heteroatoms. The van der Waals surface area contributed by atoms with Gasteiger partial charge in [0.05, 0.1) is 12.2 Å². The quantitative estimate of drug-likeness (QED) is 0.334. The molecule has 0 unspecified atom stereocenters. The third-order valence-electron chi connectivity index (χ3n) is 2.39. The summed E-state index contributed by atoms with van der Waals surface area (Å²) in [4.78, 5) is 34.3. The number of phosphoric acid groups is 2. The van der Waals surface area contributed by atoms with Gasteiger partial charge in [-0.25, -0.2) is 9.13 Å². The summed E-state index contributed by atoms with van der Waals surface area (Å²) in [6.45, 7) is 0. The zero-order valence-corrected chi connectivity index (χ0v) is 10.7. The number of aliphatic hydroxyl groups is 2. The largest absolute Gasteiger partial charge is 0.469 e. The molecule has 0 radical (unpaired) electrons. The first-order chi connectivity index (χ1) is 7.99. The van der Waals surface area contributed by atoms with Crippen molar-refractivity contribution in [1.82, 2.24) is 0 Å². The van der Waals surface area contributed by atoms with Crippen LogP contribution in [0.2, 0.25) is 0 Å². The lowest BCUT2D eigenvalue weighted by molar-refractivity contribution is -0.129. The Kier molecular flexibility index (Phi) is 5.07. The Hall–Kier alpha value is 0.140. The summed E-state index contributed by atoms with van der Waals surface area (Å²) in [6, 6.07) is 0. The molecule has 0 amide bonds. The van der Waals surface area contributed by atoms with Crippen LogP contribution in [-0.4, -0.2) is 54.2 Å². The molecule has 0 spiro atoms. The van der Waals surface area contributed by atoms with E-state index in [4.69, 9.17) is 19.6 Å². The van der Waals surface area contributed by atoms with Gasteiger partial charge < -0.3 is 29.8 Å². The molecule has 0 aliphatic heterocycles. The molecule has 0 aromatic rings. The third-order valence-corrected chi connectivity index (χ3v) is 3.48. The first kappa shape index (κ1) is 16.2. The minimum absolute atomic E-state index is 0.131. The second-order valence-corrected chi connectivity index (χ2v) is 6.21. The van der Waals surface area contributed by atoms with Crippen LogP contribution < -0.4 is 0 Å². The van der Waals surface area contributed by atoms with Gasteiger partial charge >= 0.3 is 15.6 Å². The standard InChI is InChI=1S/C6H14O10P2/c7-5-3(15-17(9,10)11)1-2-4(6(5)8)16-18(12,13)14/h3-8H,1-2H2,(H2,9,10,11)(H2,12,13,14)/t3-,4-,5-,6+/m0/s1. The first-order valence-electron chi connectivity index (χ1n) is 4.83. The van der Waals surface area contributed by atoms with Crippen molar-refractivity contribution in [2.24, 2.45) is 0 Å². The molecule has 1 aliphatic carbocycles. The Bertz CT molecular complexity index is 337. The number of hydrogen-bond acceptors (Lipinski definition) is 6. The van der Waals surface area contributed by atoms with E-state index in [9.17, 15) is 19.3 Å². The van der Waals surface area contributed by atoms with Crippen LogP contribution in [0.5, 0.6) is 0 Å². The molecular weight excluding hydrogens is 294 g/mol. The van der Waals surface area contributed by atoms with Gasteiger partial charge in [-0.1, -0.05) is 0 Å². The topological polar surface area (TPSA) is 174 Å². The van der Waals surface area contributed by atoms with E-state index >= 15 is 0 Å². The van der Waals surface area contributed by atoms with Crippen LogP contribution in [0.1, 0.15) is 12.8 Å². The smallest absolute Gasteiger partial charge is 0.388 e. The minimum Gasteiger partial charge on any atom is -0.388 e. The van der Waals surface area contributed by atoms with E-state index < -0.39 is 40.1 Å². The van der Waals surface area contributed by atoms with Crippen molar-refractivity contribution in [3.63, 3.8) is 0 Å². The average molecular weight is 308 g/mol. The lowest BCUT2D eigenvalue weighted by atomic mass is 9.90. The second kappa shape index (κ2) is 5.64. The molecular formula is C6H14O10P2. The predicted octanol–water partition coefficient (Wildman–Crippen LogP) is -1.54. The van der Waals surface area contributed by atoms with Crippen LogP contribution in [0.4, 0.5) is 0 Å². The molecule has 0 bridgehead atoms. The molecule has 0 saturated heterocycles. The number of hydrogen-bond donors (Lipinski definition) is 6. The van der Waals surface area contributed by atoms with E-state index in [2.05, 4.69) is 9.05 Å². The first-order valence-corrected chi connectivity index (χ1v) is 7.90. The monoisotopic (exact) mass is 308 g/mol. The van der Waals surface area contributed by atoms with E-state index in [-0.39, 0.29) is 12.8 Å². The molecule has 1 rings (SSSR count). The van der Waals surface area contributed by atoms with E-state index in [1.165, 1.54) is 0 Å². The molecule has 108 valence electrons. The highest BCUT2D eigenvalue weighted by molar-refractivity contribution is 7.46. The Labute approximate surface area is 102 Å². The van der Waals surface area contributed by atoms with Crippen LogP contribution in [0.25, 0.3) is 0 Å². The SMILES string of the molecule is O=P(O)(O)O[C@H]1CC[C@H](OP(=O)(O)O)[C@@H](O)[C@H]1O. The fourth-order valence-corrected chi connectivity index (χ4v) is 2.86. The van der Waals surface area contributed by atoms with Crippen molar-refractivity contribution in [1.29, 1.82) is 0 Å². The number of aliphatic hydroxyl groups excluding tert-OH is 2. The Balaban J connectivity index is 2.66. The average Bonchev–Trinajstić information content (AvgIpc) is 2.14. The molecule has 4 atom stereocenters. The Morgan fingerprint density at radius 2 is 1.06 bits per heavy atom. The maximum atomic E-state index is 10.6. The molecule has 1 fully saturated rings. The van der Waals surface area contributed by atoms with E-state index in [0.29, 0.717) is 0 Å². The van der Waals surface area contributed by atoms with Gasteiger partial charge in [-0.15, -0.1) is 0 Å². The lowest BCUT2D eigenvalue weighted by Gasteiger charge is -2.36. The second-order valence-electron chi connectivity index (χ2n) is 3.83. The molecule has 1 saturated carbocycles. The maximum absolute atomic E-state index is 10.6. The van der Waals surface area contributed by atoms with Crippen molar-refractivity contribution in [2.45, 2.75) is 37.3 Å². The summed E-state index contributed by atoms with van der Waals surface area (Å²) in [5.74, 6) is 0. The number of phosphoric ester groups is 2. The van der Waals surface area contributed by atoms with Gasteiger partial charge in [-0.3, -0.25) is 9.05 Å². The highest BCUT2D eigenvalue weighted by Gasteiger charge is 2.43. The predicted molar refractivity (Wildman–Crippen MR) is 55.1 cm³/mol. The van der Waals surface area contributed by atoms with Gasteiger partial charge in [0.2, 0.25) is 0 Å². The van der Waals surface area contributed by atoms with Gasteiger partial charge in [0, 0.05) is 0 Å². The summed E-state index contributed by atoms with van der Waals surface area (Å²) in [6.07, 6.45) is -6.37. The van der Waals surface area contributed by atoms with Gasteiger partial charge in [0.15, 0.2) is 0 Å². The van der Waals surface area contributed by atoms with Crippen LogP contribution in [0.3, 0.4) is 0 Å². The maximum Gasteiger partial charge on any atom is 0.469 e. The molecule has 0 heterocycles. The summed E-state index contributed by atoms with van der Waals surface area (Å²) in [5, 5.41) is 19.0. The highest BCUT2D eigenvalue weighted by atomic mass is 31.2. The minimum atomic E-state index is -4.82. The van der Waals surface area contributed by atoms with Crippen LogP contribution in [-0.2, 0) is 18.2 Å². The fraction of sp³-hybridized carbons (Fsp3) is 1.00. The van der Waals surface area contributed by atoms with E-state index in [0.717, 1.165) is 0 Å². The summed E-state index contributed by atoms with van der Waals surface area (Å²) in [7, 11) is -9.65. The summed E-state index contributed by atoms with van der Waals surface area (Å²) in [5.41, 5.74) is 0. The van der Waals surface area contributed by atoms with Crippen molar-refractivity contribution < 1.29 is 48.0 Å². The van der Waals surface area contributed by atoms with Crippen molar-refractivity contribution in [3.05, 3.63) is 0 Å². The normalized spacial score (nSPS) is 34.6. The van der Waals surface area contributed by atoms with Gasteiger partial charge in [-0.2, -0.15) is 0 Å². The summed E-state index contributed by atoms with van der Waals surface area (Å²) >= 11 is 0. The Morgan fingerprint density at radius 1 is 0.778 bits per heavy atom. The molecule has 6 N–H and O–H groups in total. The van der Waals surface area contributed by atoms with Crippen molar-refractivity contribution in [3.8, 4) is 0 Å². The van der Waals surface area contributed by atoms with Crippen LogP contribution >= 0.6 is 15.6 Å². The Morgan fingerprint density at radius 3 is 1.28 bits per heavy atom. The van der Waals surface area contributed by atoms with Gasteiger partial charge in [0.25, 0.3) is 0 Å². The van der Waals surface area contributed by atoms with Crippen LogP contribution in [0, 0.1) is 0 Å². The molecule has 10 nitrogen and oxygen atoms in total. The molecule has 0 aromatic heterocycles. The van der Waals surface area contributed by atoms with Crippen LogP contribution in [0.15, 0.2) is 0 Å². The molecule has 1 aliphatic rings. The summed E-state index contributed by atoms with van der Waals surface area (Å²) < 4.78 is 29.7. The number of rotatable bonds is 4. The molecule has 0 aromatic carbocycles. The third kappa shape index (κ3) is 5.02. The van der Waals surface area contributed by atoms with Crippen molar-refractivity contribution in [2.75, 3.05) is 0 Å². The van der Waals surface area contributed by atoms with Gasteiger partial charge in [0.1, 0.15) is 12.2 Å².